The minimum atomic E-state index is 0.0743. The number of aryl methyl sites for hydroxylation is 2. The average molecular weight is 420 g/mol. The summed E-state index contributed by atoms with van der Waals surface area (Å²) in [4.78, 5) is 2.37. The van der Waals surface area contributed by atoms with Crippen LogP contribution in [0.15, 0.2) is 52.9 Å². The van der Waals surface area contributed by atoms with Crippen LogP contribution in [0.2, 0.25) is 0 Å². The maximum Gasteiger partial charge on any atom is 0.165 e. The third-order valence-corrected chi connectivity index (χ3v) is 5.99. The van der Waals surface area contributed by atoms with Crippen LogP contribution >= 0.6 is 0 Å². The fourth-order valence-corrected chi connectivity index (χ4v) is 4.39. The van der Waals surface area contributed by atoms with Crippen LogP contribution in [0.1, 0.15) is 29.1 Å². The van der Waals surface area contributed by atoms with Crippen molar-refractivity contribution in [2.24, 2.45) is 0 Å². The monoisotopic (exact) mass is 419 g/mol. The number of furan rings is 1. The van der Waals surface area contributed by atoms with Gasteiger partial charge in [-0.2, -0.15) is 0 Å². The second kappa shape index (κ2) is 8.77. The van der Waals surface area contributed by atoms with Crippen molar-refractivity contribution in [3.05, 3.63) is 71.2 Å². The molecule has 5 nitrogen and oxygen atoms in total. The topological polar surface area (TPSA) is 44.1 Å². The van der Waals surface area contributed by atoms with Gasteiger partial charge in [0.15, 0.2) is 11.5 Å². The van der Waals surface area contributed by atoms with E-state index in [1.54, 1.807) is 0 Å². The van der Waals surface area contributed by atoms with Gasteiger partial charge in [0.05, 0.1) is 19.8 Å². The van der Waals surface area contributed by atoms with Crippen LogP contribution in [-0.2, 0) is 17.8 Å². The summed E-state index contributed by atoms with van der Waals surface area (Å²) in [5.41, 5.74) is 4.77. The summed E-state index contributed by atoms with van der Waals surface area (Å²) in [6, 6.07) is 16.9. The zero-order chi connectivity index (χ0) is 21.2. The molecule has 2 aliphatic heterocycles. The number of benzene rings is 2. The first-order valence-electron chi connectivity index (χ1n) is 11.0. The predicted molar refractivity (Wildman–Crippen MR) is 120 cm³/mol. The Morgan fingerprint density at radius 1 is 1.06 bits per heavy atom. The molecule has 1 aromatic heterocycles. The van der Waals surface area contributed by atoms with Crippen LogP contribution in [0.3, 0.4) is 0 Å². The summed E-state index contributed by atoms with van der Waals surface area (Å²) in [6.07, 6.45) is 0.984. The summed E-state index contributed by atoms with van der Waals surface area (Å²) in [7, 11) is 0. The van der Waals surface area contributed by atoms with E-state index in [1.807, 2.05) is 13.0 Å². The maximum atomic E-state index is 6.40. The Morgan fingerprint density at radius 2 is 1.97 bits per heavy atom. The SMILES string of the molecule is Cc1ccc(CN2CCOc3c(cc(-c4ccccc4C)cc3O[C@H]3CCOC3)C2)o1. The largest absolute Gasteiger partial charge is 0.488 e. The van der Waals surface area contributed by atoms with Crippen LogP contribution in [0.5, 0.6) is 11.5 Å². The van der Waals surface area contributed by atoms with Gasteiger partial charge in [-0.3, -0.25) is 4.90 Å². The van der Waals surface area contributed by atoms with Gasteiger partial charge in [0, 0.05) is 25.1 Å². The van der Waals surface area contributed by atoms with E-state index in [0.717, 1.165) is 66.8 Å². The Morgan fingerprint density at radius 3 is 2.74 bits per heavy atom. The lowest BCUT2D eigenvalue weighted by atomic mass is 9.97. The van der Waals surface area contributed by atoms with Gasteiger partial charge >= 0.3 is 0 Å². The van der Waals surface area contributed by atoms with Gasteiger partial charge in [0.1, 0.15) is 24.2 Å². The predicted octanol–water partition coefficient (Wildman–Crippen LogP) is 5.13. The van der Waals surface area contributed by atoms with Crippen molar-refractivity contribution in [2.45, 2.75) is 39.5 Å². The molecule has 2 aromatic carbocycles. The van der Waals surface area contributed by atoms with Crippen molar-refractivity contribution < 1.29 is 18.6 Å². The first-order chi connectivity index (χ1) is 15.2. The van der Waals surface area contributed by atoms with Crippen LogP contribution in [0, 0.1) is 13.8 Å². The molecule has 0 amide bonds. The van der Waals surface area contributed by atoms with E-state index in [2.05, 4.69) is 54.3 Å². The van der Waals surface area contributed by atoms with Gasteiger partial charge in [-0.25, -0.2) is 0 Å². The van der Waals surface area contributed by atoms with Crippen molar-refractivity contribution >= 4 is 0 Å². The van der Waals surface area contributed by atoms with Gasteiger partial charge in [0.25, 0.3) is 0 Å². The molecule has 0 unspecified atom stereocenters. The van der Waals surface area contributed by atoms with E-state index in [0.29, 0.717) is 13.2 Å². The molecule has 3 heterocycles. The smallest absolute Gasteiger partial charge is 0.165 e. The summed E-state index contributed by atoms with van der Waals surface area (Å²) in [5, 5.41) is 0. The van der Waals surface area contributed by atoms with E-state index in [1.165, 1.54) is 11.1 Å². The standard InChI is InChI=1S/C26H29NO4/c1-18-5-3-4-6-24(18)20-13-21-15-27(16-22-8-7-19(2)30-22)10-12-29-26(21)25(14-20)31-23-9-11-28-17-23/h3-8,13-14,23H,9-12,15-17H2,1-2H3/t23-/m0/s1. The van der Waals surface area contributed by atoms with E-state index in [4.69, 9.17) is 18.6 Å². The summed E-state index contributed by atoms with van der Waals surface area (Å²) in [5.74, 6) is 3.61. The molecular weight excluding hydrogens is 390 g/mol. The molecule has 0 N–H and O–H groups in total. The fourth-order valence-electron chi connectivity index (χ4n) is 4.39. The minimum Gasteiger partial charge on any atom is -0.488 e. The quantitative estimate of drug-likeness (QED) is 0.574. The van der Waals surface area contributed by atoms with Crippen LogP contribution in [0.4, 0.5) is 0 Å². The summed E-state index contributed by atoms with van der Waals surface area (Å²) in [6.45, 7) is 8.51. The lowest BCUT2D eigenvalue weighted by Crippen LogP contribution is -2.25. The highest BCUT2D eigenvalue weighted by molar-refractivity contribution is 5.72. The molecule has 2 aliphatic rings. The van der Waals surface area contributed by atoms with Crippen LogP contribution in [0.25, 0.3) is 11.1 Å². The van der Waals surface area contributed by atoms with Crippen molar-refractivity contribution in [2.75, 3.05) is 26.4 Å². The molecule has 5 rings (SSSR count). The Bertz CT molecular complexity index is 1050. The summed E-state index contributed by atoms with van der Waals surface area (Å²) >= 11 is 0. The second-order valence-electron chi connectivity index (χ2n) is 8.45. The maximum absolute atomic E-state index is 6.40. The Kier molecular flexibility index (Phi) is 5.70. The van der Waals surface area contributed by atoms with Gasteiger partial charge in [-0.05, 0) is 54.8 Å². The van der Waals surface area contributed by atoms with Crippen molar-refractivity contribution in [3.63, 3.8) is 0 Å². The molecular formula is C26H29NO4. The molecule has 0 spiro atoms. The zero-order valence-corrected chi connectivity index (χ0v) is 18.2. The molecule has 3 aromatic rings. The first kappa shape index (κ1) is 20.2. The molecule has 1 fully saturated rings. The minimum absolute atomic E-state index is 0.0743. The van der Waals surface area contributed by atoms with Crippen LogP contribution < -0.4 is 9.47 Å². The number of fused-ring (bicyclic) bond motifs is 1. The molecule has 5 heteroatoms. The van der Waals surface area contributed by atoms with Crippen molar-refractivity contribution in [3.8, 4) is 22.6 Å². The molecule has 1 saturated heterocycles. The van der Waals surface area contributed by atoms with Gasteiger partial charge in [-0.15, -0.1) is 0 Å². The van der Waals surface area contributed by atoms with E-state index in [-0.39, 0.29) is 6.10 Å². The normalized spacial score (nSPS) is 19.0. The highest BCUT2D eigenvalue weighted by atomic mass is 16.6. The average Bonchev–Trinajstić information content (AvgIpc) is 3.36. The van der Waals surface area contributed by atoms with E-state index >= 15 is 0 Å². The number of nitrogens with zero attached hydrogens (tertiary/aromatic N) is 1. The number of rotatable bonds is 5. The van der Waals surface area contributed by atoms with Crippen molar-refractivity contribution in [1.82, 2.24) is 4.90 Å². The van der Waals surface area contributed by atoms with Gasteiger partial charge < -0.3 is 18.6 Å². The Labute approximate surface area is 183 Å². The summed E-state index contributed by atoms with van der Waals surface area (Å²) < 4.78 is 24.0. The molecule has 0 bridgehead atoms. The number of hydrogen-bond donors (Lipinski definition) is 0. The fraction of sp³-hybridized carbons (Fsp3) is 0.385. The highest BCUT2D eigenvalue weighted by Gasteiger charge is 2.25. The third kappa shape index (κ3) is 4.48. The molecule has 0 radical (unpaired) electrons. The van der Waals surface area contributed by atoms with Gasteiger partial charge in [-0.1, -0.05) is 24.3 Å². The molecule has 162 valence electrons. The van der Waals surface area contributed by atoms with Crippen molar-refractivity contribution in [1.29, 1.82) is 0 Å². The second-order valence-corrected chi connectivity index (χ2v) is 8.45. The molecule has 0 saturated carbocycles. The Hall–Kier alpha value is -2.76. The lowest BCUT2D eigenvalue weighted by Gasteiger charge is -2.20. The third-order valence-electron chi connectivity index (χ3n) is 5.99. The first-order valence-corrected chi connectivity index (χ1v) is 11.0. The van der Waals surface area contributed by atoms with E-state index < -0.39 is 0 Å². The van der Waals surface area contributed by atoms with Crippen LogP contribution in [-0.4, -0.2) is 37.4 Å². The lowest BCUT2D eigenvalue weighted by molar-refractivity contribution is 0.137. The number of hydrogen-bond acceptors (Lipinski definition) is 5. The Balaban J connectivity index is 1.51. The molecule has 31 heavy (non-hydrogen) atoms. The molecule has 1 atom stereocenters. The van der Waals surface area contributed by atoms with E-state index in [9.17, 15) is 0 Å². The van der Waals surface area contributed by atoms with Gasteiger partial charge in [0.2, 0.25) is 0 Å². The highest BCUT2D eigenvalue weighted by Crippen LogP contribution is 2.40. The molecule has 0 aliphatic carbocycles. The number of ether oxygens (including phenoxy) is 3. The zero-order valence-electron chi connectivity index (χ0n) is 18.2.